The molecule has 136 valence electrons. The second-order valence-corrected chi connectivity index (χ2v) is 7.53. The third-order valence-electron chi connectivity index (χ3n) is 5.85. The summed E-state index contributed by atoms with van der Waals surface area (Å²) >= 11 is 0. The standard InChI is InChI=1S/C20H29N3O2/c24-20(14-18-15-25-11-6-21-18)23-8-3-7-22(9-10-23)19-12-16-4-1-2-5-17(16)13-19/h1-2,4-5,18-19,21H,3,6-15H2/t18-/m0/s1. The van der Waals surface area contributed by atoms with Crippen LogP contribution in [0, 0.1) is 0 Å². The molecule has 3 aliphatic rings. The van der Waals surface area contributed by atoms with Gasteiger partial charge in [0.25, 0.3) is 0 Å². The Kier molecular flexibility index (Phi) is 5.34. The van der Waals surface area contributed by atoms with Gasteiger partial charge in [0.15, 0.2) is 0 Å². The van der Waals surface area contributed by atoms with Gasteiger partial charge >= 0.3 is 0 Å². The van der Waals surface area contributed by atoms with Crippen molar-refractivity contribution in [3.63, 3.8) is 0 Å². The summed E-state index contributed by atoms with van der Waals surface area (Å²) in [6.45, 7) is 6.13. The van der Waals surface area contributed by atoms with E-state index in [-0.39, 0.29) is 11.9 Å². The number of fused-ring (bicyclic) bond motifs is 1. The van der Waals surface area contributed by atoms with Crippen molar-refractivity contribution < 1.29 is 9.53 Å². The number of morpholine rings is 1. The highest BCUT2D eigenvalue weighted by Gasteiger charge is 2.29. The molecule has 1 N–H and O–H groups in total. The number of amides is 1. The molecule has 2 aliphatic heterocycles. The number of benzene rings is 1. The number of carbonyl (C=O) groups is 1. The fourth-order valence-corrected chi connectivity index (χ4v) is 4.44. The van der Waals surface area contributed by atoms with Crippen LogP contribution >= 0.6 is 0 Å². The first-order valence-electron chi connectivity index (χ1n) is 9.69. The lowest BCUT2D eigenvalue weighted by Crippen LogP contribution is -2.46. The summed E-state index contributed by atoms with van der Waals surface area (Å²) in [5.74, 6) is 0.277. The maximum atomic E-state index is 12.6. The molecule has 0 saturated carbocycles. The monoisotopic (exact) mass is 343 g/mol. The predicted octanol–water partition coefficient (Wildman–Crippen LogP) is 1.07. The molecule has 0 bridgehead atoms. The number of ether oxygens (including phenoxy) is 1. The van der Waals surface area contributed by atoms with E-state index in [1.165, 1.54) is 11.1 Å². The molecular formula is C20H29N3O2. The van der Waals surface area contributed by atoms with E-state index in [4.69, 9.17) is 4.74 Å². The van der Waals surface area contributed by atoms with Crippen LogP contribution in [0.4, 0.5) is 0 Å². The van der Waals surface area contributed by atoms with E-state index < -0.39 is 0 Å². The van der Waals surface area contributed by atoms with Crippen LogP contribution in [0.3, 0.4) is 0 Å². The molecule has 2 saturated heterocycles. The Bertz CT molecular complexity index is 575. The molecule has 0 radical (unpaired) electrons. The Morgan fingerprint density at radius 1 is 1.12 bits per heavy atom. The average molecular weight is 343 g/mol. The average Bonchev–Trinajstić information content (AvgIpc) is 2.91. The van der Waals surface area contributed by atoms with Gasteiger partial charge in [-0.1, -0.05) is 24.3 Å². The SMILES string of the molecule is O=C(C[C@H]1COCCN1)N1CCCN(C2Cc3ccccc3C2)CC1. The normalized spacial score (nSPS) is 25.6. The van der Waals surface area contributed by atoms with E-state index in [2.05, 4.69) is 39.4 Å². The highest BCUT2D eigenvalue weighted by atomic mass is 16.5. The van der Waals surface area contributed by atoms with E-state index in [0.717, 1.165) is 58.6 Å². The van der Waals surface area contributed by atoms with Crippen molar-refractivity contribution in [1.82, 2.24) is 15.1 Å². The fraction of sp³-hybridized carbons (Fsp3) is 0.650. The third kappa shape index (κ3) is 4.05. The van der Waals surface area contributed by atoms with Crippen molar-refractivity contribution >= 4 is 5.91 Å². The van der Waals surface area contributed by atoms with Crippen molar-refractivity contribution in [2.45, 2.75) is 37.8 Å². The molecule has 5 nitrogen and oxygen atoms in total. The highest BCUT2D eigenvalue weighted by molar-refractivity contribution is 5.76. The molecule has 1 atom stereocenters. The van der Waals surface area contributed by atoms with Crippen molar-refractivity contribution in [3.8, 4) is 0 Å². The number of carbonyl (C=O) groups excluding carboxylic acids is 1. The minimum atomic E-state index is 0.185. The largest absolute Gasteiger partial charge is 0.378 e. The maximum Gasteiger partial charge on any atom is 0.224 e. The van der Waals surface area contributed by atoms with Crippen molar-refractivity contribution in [3.05, 3.63) is 35.4 Å². The molecule has 1 aromatic rings. The number of nitrogens with one attached hydrogen (secondary N) is 1. The van der Waals surface area contributed by atoms with Crippen LogP contribution in [0.2, 0.25) is 0 Å². The molecule has 0 aromatic heterocycles. The van der Waals surface area contributed by atoms with Crippen molar-refractivity contribution in [2.75, 3.05) is 45.9 Å². The molecule has 5 heteroatoms. The van der Waals surface area contributed by atoms with Gasteiger partial charge in [-0.25, -0.2) is 0 Å². The minimum Gasteiger partial charge on any atom is -0.378 e. The van der Waals surface area contributed by atoms with Crippen LogP contribution in [0.25, 0.3) is 0 Å². The second kappa shape index (κ2) is 7.85. The van der Waals surface area contributed by atoms with Gasteiger partial charge in [0.1, 0.15) is 0 Å². The number of rotatable bonds is 3. The van der Waals surface area contributed by atoms with Gasteiger partial charge in [0, 0.05) is 51.2 Å². The summed E-state index contributed by atoms with van der Waals surface area (Å²) in [7, 11) is 0. The van der Waals surface area contributed by atoms with Crippen LogP contribution in [0.15, 0.2) is 24.3 Å². The first-order valence-corrected chi connectivity index (χ1v) is 9.69. The summed E-state index contributed by atoms with van der Waals surface area (Å²) in [4.78, 5) is 17.3. The molecule has 2 fully saturated rings. The van der Waals surface area contributed by atoms with Gasteiger partial charge in [-0.3, -0.25) is 9.69 Å². The topological polar surface area (TPSA) is 44.8 Å². The zero-order valence-electron chi connectivity index (χ0n) is 15.0. The van der Waals surface area contributed by atoms with Crippen molar-refractivity contribution in [1.29, 1.82) is 0 Å². The van der Waals surface area contributed by atoms with Gasteiger partial charge in [0.05, 0.1) is 13.2 Å². The highest BCUT2D eigenvalue weighted by Crippen LogP contribution is 2.26. The molecule has 2 heterocycles. The molecule has 1 aromatic carbocycles. The first kappa shape index (κ1) is 17.0. The lowest BCUT2D eigenvalue weighted by molar-refractivity contribution is -0.132. The summed E-state index contributed by atoms with van der Waals surface area (Å²) in [5, 5.41) is 3.39. The van der Waals surface area contributed by atoms with Crippen LogP contribution in [0.5, 0.6) is 0 Å². The summed E-state index contributed by atoms with van der Waals surface area (Å²) in [6, 6.07) is 9.62. The summed E-state index contributed by atoms with van der Waals surface area (Å²) < 4.78 is 5.47. The predicted molar refractivity (Wildman–Crippen MR) is 97.6 cm³/mol. The van der Waals surface area contributed by atoms with E-state index in [1.54, 1.807) is 0 Å². The van der Waals surface area contributed by atoms with Crippen LogP contribution in [0.1, 0.15) is 24.0 Å². The van der Waals surface area contributed by atoms with E-state index in [9.17, 15) is 4.79 Å². The lowest BCUT2D eigenvalue weighted by Gasteiger charge is -2.28. The quantitative estimate of drug-likeness (QED) is 0.892. The van der Waals surface area contributed by atoms with E-state index in [1.807, 2.05) is 0 Å². The van der Waals surface area contributed by atoms with E-state index in [0.29, 0.717) is 19.1 Å². The Balaban J connectivity index is 1.29. The zero-order valence-corrected chi connectivity index (χ0v) is 15.0. The number of nitrogens with zero attached hydrogens (tertiary/aromatic N) is 2. The van der Waals surface area contributed by atoms with Gasteiger partial charge in [-0.05, 0) is 30.4 Å². The zero-order chi connectivity index (χ0) is 17.1. The fourth-order valence-electron chi connectivity index (χ4n) is 4.44. The van der Waals surface area contributed by atoms with E-state index >= 15 is 0 Å². The summed E-state index contributed by atoms with van der Waals surface area (Å²) in [5.41, 5.74) is 3.01. The van der Waals surface area contributed by atoms with Gasteiger partial charge < -0.3 is 15.0 Å². The third-order valence-corrected chi connectivity index (χ3v) is 5.85. The molecule has 1 aliphatic carbocycles. The number of hydrogen-bond acceptors (Lipinski definition) is 4. The van der Waals surface area contributed by atoms with Crippen LogP contribution < -0.4 is 5.32 Å². The Labute approximate surface area is 150 Å². The molecule has 1 amide bonds. The smallest absolute Gasteiger partial charge is 0.224 e. The lowest BCUT2D eigenvalue weighted by atomic mass is 10.1. The molecule has 25 heavy (non-hydrogen) atoms. The van der Waals surface area contributed by atoms with Gasteiger partial charge in [-0.2, -0.15) is 0 Å². The Morgan fingerprint density at radius 2 is 1.92 bits per heavy atom. The Hall–Kier alpha value is -1.43. The number of hydrogen-bond donors (Lipinski definition) is 1. The second-order valence-electron chi connectivity index (χ2n) is 7.53. The molecule has 4 rings (SSSR count). The molecular weight excluding hydrogens is 314 g/mol. The van der Waals surface area contributed by atoms with Crippen LogP contribution in [-0.4, -0.2) is 73.7 Å². The maximum absolute atomic E-state index is 12.6. The molecule has 0 spiro atoms. The van der Waals surface area contributed by atoms with Gasteiger partial charge in [-0.15, -0.1) is 0 Å². The summed E-state index contributed by atoms with van der Waals surface area (Å²) in [6.07, 6.45) is 3.96. The van der Waals surface area contributed by atoms with Gasteiger partial charge in [0.2, 0.25) is 5.91 Å². The first-order chi connectivity index (χ1) is 12.3. The minimum absolute atomic E-state index is 0.185. The molecule has 0 unspecified atom stereocenters. The van der Waals surface area contributed by atoms with Crippen molar-refractivity contribution in [2.24, 2.45) is 0 Å². The Morgan fingerprint density at radius 3 is 2.64 bits per heavy atom. The van der Waals surface area contributed by atoms with Crippen LogP contribution in [-0.2, 0) is 22.4 Å².